The first kappa shape index (κ1) is 13.8. The molecule has 1 aliphatic carbocycles. The van der Waals surface area contributed by atoms with E-state index in [-0.39, 0.29) is 11.7 Å². The molecule has 2 aromatic heterocycles. The van der Waals surface area contributed by atoms with E-state index in [0.717, 1.165) is 42.6 Å². The van der Waals surface area contributed by atoms with E-state index in [1.165, 1.54) is 0 Å². The van der Waals surface area contributed by atoms with Gasteiger partial charge in [0.1, 0.15) is 0 Å². The summed E-state index contributed by atoms with van der Waals surface area (Å²) in [5.74, 6) is 0.321. The molecule has 0 saturated heterocycles. The number of Topliss-reactive ketones (excluding diaryl/α,β-unsaturated/α-hetero) is 1. The highest BCUT2D eigenvalue weighted by atomic mass is 16.1. The molecule has 1 aliphatic rings. The first-order valence-electron chi connectivity index (χ1n) is 7.35. The van der Waals surface area contributed by atoms with Crippen molar-refractivity contribution in [3.05, 3.63) is 41.5 Å². The molecule has 1 fully saturated rings. The average molecular weight is 284 g/mol. The van der Waals surface area contributed by atoms with Crippen molar-refractivity contribution in [1.29, 1.82) is 0 Å². The highest BCUT2D eigenvalue weighted by Gasteiger charge is 2.27. The Balaban J connectivity index is 1.75. The molecule has 2 aromatic rings. The molecule has 0 aromatic carbocycles. The first-order valence-corrected chi connectivity index (χ1v) is 7.35. The summed E-state index contributed by atoms with van der Waals surface area (Å²) in [7, 11) is 3.78. The lowest BCUT2D eigenvalue weighted by atomic mass is 9.81. The van der Waals surface area contributed by atoms with Gasteiger partial charge >= 0.3 is 0 Å². The molecule has 3 rings (SSSR count). The number of hydrogen-bond acceptors (Lipinski definition) is 3. The molecule has 21 heavy (non-hydrogen) atoms. The van der Waals surface area contributed by atoms with Crippen LogP contribution in [0.4, 0.5) is 0 Å². The lowest BCUT2D eigenvalue weighted by Crippen LogP contribution is -2.23. The van der Waals surface area contributed by atoms with Gasteiger partial charge in [0.05, 0.1) is 11.4 Å². The van der Waals surface area contributed by atoms with E-state index in [1.807, 2.05) is 44.7 Å². The normalized spacial score (nSPS) is 21.1. The maximum atomic E-state index is 12.6. The molecule has 0 aliphatic heterocycles. The highest BCUT2D eigenvalue weighted by molar-refractivity contribution is 6.01. The average Bonchev–Trinajstić information content (AvgIpc) is 3.03. The van der Waals surface area contributed by atoms with Crippen LogP contribution in [0.3, 0.4) is 0 Å². The number of carbonyl (C=O) groups is 1. The highest BCUT2D eigenvalue weighted by Crippen LogP contribution is 2.28. The maximum absolute atomic E-state index is 12.6. The van der Waals surface area contributed by atoms with Gasteiger partial charge in [0.25, 0.3) is 0 Å². The largest absolute Gasteiger partial charge is 0.294 e. The lowest BCUT2D eigenvalue weighted by molar-refractivity contribution is -0.120. The number of rotatable bonds is 3. The fraction of sp³-hybridized carbons (Fsp3) is 0.438. The Morgan fingerprint density at radius 2 is 2.00 bits per heavy atom. The van der Waals surface area contributed by atoms with Gasteiger partial charge in [-0.05, 0) is 43.0 Å². The molecule has 0 amide bonds. The number of aryl methyl sites for hydroxylation is 2. The molecule has 0 bridgehead atoms. The van der Waals surface area contributed by atoms with Crippen LogP contribution >= 0.6 is 0 Å². The van der Waals surface area contributed by atoms with Crippen LogP contribution in [0.5, 0.6) is 0 Å². The van der Waals surface area contributed by atoms with Gasteiger partial charge in [0, 0.05) is 38.8 Å². The molecule has 1 atom stereocenters. The second-order valence-corrected chi connectivity index (χ2v) is 5.72. The summed E-state index contributed by atoms with van der Waals surface area (Å²) in [4.78, 5) is 12.6. The van der Waals surface area contributed by atoms with Crippen molar-refractivity contribution in [2.45, 2.75) is 25.7 Å². The third-order valence-corrected chi connectivity index (χ3v) is 3.97. The van der Waals surface area contributed by atoms with Crippen LogP contribution in [0.25, 0.3) is 6.08 Å². The van der Waals surface area contributed by atoms with Gasteiger partial charge in [0.2, 0.25) is 0 Å². The zero-order chi connectivity index (χ0) is 14.8. The summed E-state index contributed by atoms with van der Waals surface area (Å²) < 4.78 is 3.54. The molecular formula is C16H20N4O. The summed E-state index contributed by atoms with van der Waals surface area (Å²) in [5, 5.41) is 8.70. The smallest absolute Gasteiger partial charge is 0.162 e. The molecule has 1 unspecified atom stereocenters. The molecule has 2 heterocycles. The fourth-order valence-corrected chi connectivity index (χ4v) is 2.91. The van der Waals surface area contributed by atoms with Crippen LogP contribution < -0.4 is 0 Å². The zero-order valence-corrected chi connectivity index (χ0v) is 12.5. The van der Waals surface area contributed by atoms with Gasteiger partial charge in [0.15, 0.2) is 5.78 Å². The molecule has 0 spiro atoms. The second-order valence-electron chi connectivity index (χ2n) is 5.72. The van der Waals surface area contributed by atoms with Crippen molar-refractivity contribution in [2.75, 3.05) is 0 Å². The van der Waals surface area contributed by atoms with Crippen LogP contribution in [0.2, 0.25) is 0 Å². The number of aromatic nitrogens is 4. The Morgan fingerprint density at radius 1 is 1.24 bits per heavy atom. The maximum Gasteiger partial charge on any atom is 0.162 e. The van der Waals surface area contributed by atoms with Crippen LogP contribution in [-0.4, -0.2) is 25.3 Å². The van der Waals surface area contributed by atoms with Crippen molar-refractivity contribution in [3.63, 3.8) is 0 Å². The summed E-state index contributed by atoms with van der Waals surface area (Å²) in [6.07, 6.45) is 9.36. The molecular weight excluding hydrogens is 264 g/mol. The molecule has 0 radical (unpaired) electrons. The summed E-state index contributed by atoms with van der Waals surface area (Å²) in [5.41, 5.74) is 2.76. The summed E-state index contributed by atoms with van der Waals surface area (Å²) in [6.45, 7) is 0. The predicted octanol–water partition coefficient (Wildman–Crippen LogP) is 2.15. The third-order valence-electron chi connectivity index (χ3n) is 3.97. The van der Waals surface area contributed by atoms with E-state index in [4.69, 9.17) is 0 Å². The van der Waals surface area contributed by atoms with Crippen molar-refractivity contribution < 1.29 is 4.79 Å². The third kappa shape index (κ3) is 3.12. The SMILES string of the molecule is Cn1ccc(/C=C2/CCCC(Cc3ccn(C)n3)C2=O)n1. The number of allylic oxidation sites excluding steroid dienone is 1. The molecule has 1 saturated carbocycles. The standard InChI is InChI=1S/C16H20N4O/c1-19-8-6-14(17-19)10-12-4-3-5-13(16(12)21)11-15-7-9-20(2)18-15/h6-10,13H,3-5,11H2,1-2H3/b12-10-. The van der Waals surface area contributed by atoms with Crippen molar-refractivity contribution in [1.82, 2.24) is 19.6 Å². The van der Waals surface area contributed by atoms with Crippen molar-refractivity contribution in [3.8, 4) is 0 Å². The molecule has 5 nitrogen and oxygen atoms in total. The van der Waals surface area contributed by atoms with Crippen molar-refractivity contribution >= 4 is 11.9 Å². The Bertz CT molecular complexity index is 680. The molecule has 0 N–H and O–H groups in total. The zero-order valence-electron chi connectivity index (χ0n) is 12.5. The Labute approximate surface area is 124 Å². The lowest BCUT2D eigenvalue weighted by Gasteiger charge is -2.22. The van der Waals surface area contributed by atoms with E-state index in [9.17, 15) is 4.79 Å². The van der Waals surface area contributed by atoms with Gasteiger partial charge in [-0.2, -0.15) is 10.2 Å². The van der Waals surface area contributed by atoms with E-state index >= 15 is 0 Å². The number of carbonyl (C=O) groups excluding carboxylic acids is 1. The molecule has 5 heteroatoms. The topological polar surface area (TPSA) is 52.7 Å². The Hall–Kier alpha value is -2.17. The fourth-order valence-electron chi connectivity index (χ4n) is 2.91. The van der Waals surface area contributed by atoms with E-state index in [0.29, 0.717) is 0 Å². The van der Waals surface area contributed by atoms with Crippen LogP contribution in [0.1, 0.15) is 30.7 Å². The molecule has 110 valence electrons. The number of ketones is 1. The van der Waals surface area contributed by atoms with Crippen LogP contribution in [-0.2, 0) is 25.3 Å². The van der Waals surface area contributed by atoms with Crippen LogP contribution in [0.15, 0.2) is 30.1 Å². The minimum atomic E-state index is 0.0589. The second kappa shape index (κ2) is 5.68. The van der Waals surface area contributed by atoms with E-state index in [2.05, 4.69) is 10.2 Å². The van der Waals surface area contributed by atoms with Gasteiger partial charge < -0.3 is 0 Å². The summed E-state index contributed by atoms with van der Waals surface area (Å²) in [6, 6.07) is 3.92. The van der Waals surface area contributed by atoms with Gasteiger partial charge in [-0.3, -0.25) is 14.2 Å². The van der Waals surface area contributed by atoms with Crippen molar-refractivity contribution in [2.24, 2.45) is 20.0 Å². The Kier molecular flexibility index (Phi) is 3.73. The quantitative estimate of drug-likeness (QED) is 0.812. The van der Waals surface area contributed by atoms with Gasteiger partial charge in [-0.15, -0.1) is 0 Å². The summed E-state index contributed by atoms with van der Waals surface area (Å²) >= 11 is 0. The minimum absolute atomic E-state index is 0.0589. The van der Waals surface area contributed by atoms with E-state index in [1.54, 1.807) is 9.36 Å². The monoisotopic (exact) mass is 284 g/mol. The number of nitrogens with zero attached hydrogens (tertiary/aromatic N) is 4. The van der Waals surface area contributed by atoms with Crippen LogP contribution in [0, 0.1) is 5.92 Å². The first-order chi connectivity index (χ1) is 10.1. The predicted molar refractivity (Wildman–Crippen MR) is 80.4 cm³/mol. The minimum Gasteiger partial charge on any atom is -0.294 e. The van der Waals surface area contributed by atoms with Gasteiger partial charge in [-0.1, -0.05) is 0 Å². The van der Waals surface area contributed by atoms with E-state index < -0.39 is 0 Å². The Morgan fingerprint density at radius 3 is 2.67 bits per heavy atom. The van der Waals surface area contributed by atoms with Gasteiger partial charge in [-0.25, -0.2) is 0 Å². The number of hydrogen-bond donors (Lipinski definition) is 0.